The van der Waals surface area contributed by atoms with E-state index >= 15 is 0 Å². The molecule has 1 aromatic carbocycles. The van der Waals surface area contributed by atoms with Gasteiger partial charge in [-0.15, -0.1) is 0 Å². The predicted octanol–water partition coefficient (Wildman–Crippen LogP) is 2.57. The fourth-order valence-electron chi connectivity index (χ4n) is 0.914. The standard InChI is InChI=1S/C7H7N3O2/c1-5-4-6(9-8)2-3-7(5)10(11)12/h2-4,8H,1H3. The van der Waals surface area contributed by atoms with E-state index in [2.05, 4.69) is 5.11 Å². The summed E-state index contributed by atoms with van der Waals surface area (Å²) >= 11 is 0. The van der Waals surface area contributed by atoms with Gasteiger partial charge in [0.2, 0.25) is 0 Å². The molecule has 0 atom stereocenters. The predicted molar refractivity (Wildman–Crippen MR) is 42.6 cm³/mol. The second-order valence-electron chi connectivity index (χ2n) is 2.34. The van der Waals surface area contributed by atoms with E-state index in [9.17, 15) is 10.1 Å². The summed E-state index contributed by atoms with van der Waals surface area (Å²) in [7, 11) is 0. The monoisotopic (exact) mass is 165 g/mol. The van der Waals surface area contributed by atoms with Gasteiger partial charge in [-0.05, 0) is 19.1 Å². The van der Waals surface area contributed by atoms with Gasteiger partial charge in [0.1, 0.15) is 0 Å². The van der Waals surface area contributed by atoms with Crippen molar-refractivity contribution in [3.8, 4) is 0 Å². The Balaban J connectivity index is 3.20. The number of nitrogens with zero attached hydrogens (tertiary/aromatic N) is 2. The number of hydrogen-bond acceptors (Lipinski definition) is 4. The van der Waals surface area contributed by atoms with Gasteiger partial charge in [-0.2, -0.15) is 5.11 Å². The number of aryl methyl sites for hydroxylation is 1. The first-order valence-electron chi connectivity index (χ1n) is 3.27. The van der Waals surface area contributed by atoms with Crippen LogP contribution in [0.5, 0.6) is 0 Å². The highest BCUT2D eigenvalue weighted by Crippen LogP contribution is 2.22. The number of hydrogen-bond donors (Lipinski definition) is 1. The minimum absolute atomic E-state index is 0.0578. The van der Waals surface area contributed by atoms with Crippen molar-refractivity contribution >= 4 is 11.4 Å². The van der Waals surface area contributed by atoms with E-state index in [0.29, 0.717) is 11.3 Å². The Morgan fingerprint density at radius 3 is 2.67 bits per heavy atom. The lowest BCUT2D eigenvalue weighted by Gasteiger charge is -1.96. The topological polar surface area (TPSA) is 79.3 Å². The van der Waals surface area contributed by atoms with Crippen molar-refractivity contribution in [1.29, 1.82) is 5.53 Å². The SMILES string of the molecule is Cc1cc(N=N)ccc1[N+](=O)[O-]. The molecule has 0 saturated heterocycles. The molecule has 0 aliphatic carbocycles. The van der Waals surface area contributed by atoms with Gasteiger partial charge < -0.3 is 0 Å². The highest BCUT2D eigenvalue weighted by Gasteiger charge is 2.09. The maximum atomic E-state index is 10.3. The number of benzene rings is 1. The molecular formula is C7H7N3O2. The second-order valence-corrected chi connectivity index (χ2v) is 2.34. The summed E-state index contributed by atoms with van der Waals surface area (Å²) in [6, 6.07) is 4.30. The number of nitro benzene ring substituents is 1. The lowest BCUT2D eigenvalue weighted by molar-refractivity contribution is -0.385. The average Bonchev–Trinajstić information content (AvgIpc) is 2.03. The molecule has 0 amide bonds. The molecule has 62 valence electrons. The van der Waals surface area contributed by atoms with Crippen LogP contribution in [0.4, 0.5) is 11.4 Å². The summed E-state index contributed by atoms with van der Waals surface area (Å²) in [6.45, 7) is 1.62. The first kappa shape index (κ1) is 8.32. The lowest BCUT2D eigenvalue weighted by Crippen LogP contribution is -1.90. The Bertz CT molecular complexity index is 335. The van der Waals surface area contributed by atoms with Crippen molar-refractivity contribution in [3.63, 3.8) is 0 Å². The third kappa shape index (κ3) is 1.45. The van der Waals surface area contributed by atoms with Gasteiger partial charge in [-0.1, -0.05) is 0 Å². The number of nitrogens with one attached hydrogen (secondary N) is 1. The molecule has 0 aliphatic rings. The Morgan fingerprint density at radius 1 is 1.58 bits per heavy atom. The maximum absolute atomic E-state index is 10.3. The highest BCUT2D eigenvalue weighted by atomic mass is 16.6. The summed E-state index contributed by atoms with van der Waals surface area (Å²) in [4.78, 5) is 9.89. The van der Waals surface area contributed by atoms with Gasteiger partial charge in [-0.25, -0.2) is 5.53 Å². The van der Waals surface area contributed by atoms with E-state index in [0.717, 1.165) is 0 Å². The number of rotatable bonds is 2. The van der Waals surface area contributed by atoms with Crippen LogP contribution in [-0.4, -0.2) is 4.92 Å². The van der Waals surface area contributed by atoms with Gasteiger partial charge in [0.25, 0.3) is 5.69 Å². The second kappa shape index (κ2) is 3.08. The molecule has 0 bridgehead atoms. The van der Waals surface area contributed by atoms with E-state index < -0.39 is 4.92 Å². The summed E-state index contributed by atoms with van der Waals surface area (Å²) in [5.74, 6) is 0. The summed E-state index contributed by atoms with van der Waals surface area (Å²) < 4.78 is 0. The molecular weight excluding hydrogens is 158 g/mol. The molecule has 0 spiro atoms. The van der Waals surface area contributed by atoms with Crippen LogP contribution >= 0.6 is 0 Å². The van der Waals surface area contributed by atoms with E-state index in [4.69, 9.17) is 5.53 Å². The summed E-state index contributed by atoms with van der Waals surface area (Å²) in [5.41, 5.74) is 7.68. The van der Waals surface area contributed by atoms with Crippen molar-refractivity contribution in [3.05, 3.63) is 33.9 Å². The van der Waals surface area contributed by atoms with Gasteiger partial charge in [0.05, 0.1) is 10.6 Å². The van der Waals surface area contributed by atoms with Gasteiger partial charge in [0.15, 0.2) is 0 Å². The smallest absolute Gasteiger partial charge is 0.258 e. The van der Waals surface area contributed by atoms with Crippen molar-refractivity contribution in [2.24, 2.45) is 5.11 Å². The average molecular weight is 165 g/mol. The minimum atomic E-state index is -0.455. The maximum Gasteiger partial charge on any atom is 0.272 e. The molecule has 1 aromatic rings. The first-order valence-corrected chi connectivity index (χ1v) is 3.27. The molecule has 0 saturated carbocycles. The van der Waals surface area contributed by atoms with Crippen LogP contribution in [-0.2, 0) is 0 Å². The lowest BCUT2D eigenvalue weighted by atomic mass is 10.2. The normalized spacial score (nSPS) is 9.42. The molecule has 1 rings (SSSR count). The van der Waals surface area contributed by atoms with Crippen LogP contribution in [0.25, 0.3) is 0 Å². The van der Waals surface area contributed by atoms with Crippen LogP contribution in [0.2, 0.25) is 0 Å². The number of nitro groups is 1. The van der Waals surface area contributed by atoms with Crippen molar-refractivity contribution in [2.75, 3.05) is 0 Å². The Morgan fingerprint density at radius 2 is 2.25 bits per heavy atom. The fraction of sp³-hybridized carbons (Fsp3) is 0.143. The summed E-state index contributed by atoms with van der Waals surface area (Å²) in [6.07, 6.45) is 0. The van der Waals surface area contributed by atoms with E-state index in [-0.39, 0.29) is 5.69 Å². The van der Waals surface area contributed by atoms with Crippen LogP contribution in [0.3, 0.4) is 0 Å². The van der Waals surface area contributed by atoms with Crippen LogP contribution in [0.15, 0.2) is 23.3 Å². The zero-order valence-corrected chi connectivity index (χ0v) is 6.44. The molecule has 0 aromatic heterocycles. The highest BCUT2D eigenvalue weighted by molar-refractivity contribution is 5.49. The van der Waals surface area contributed by atoms with Gasteiger partial charge >= 0.3 is 0 Å². The van der Waals surface area contributed by atoms with Crippen LogP contribution in [0.1, 0.15) is 5.56 Å². The molecule has 0 heterocycles. The quantitative estimate of drug-likeness (QED) is 0.415. The third-order valence-electron chi connectivity index (χ3n) is 1.51. The molecule has 0 radical (unpaired) electrons. The molecule has 5 heteroatoms. The molecule has 0 unspecified atom stereocenters. The zero-order chi connectivity index (χ0) is 9.14. The first-order chi connectivity index (χ1) is 5.65. The van der Waals surface area contributed by atoms with Gasteiger partial charge in [0, 0.05) is 11.6 Å². The Hall–Kier alpha value is -1.78. The van der Waals surface area contributed by atoms with E-state index in [1.807, 2.05) is 0 Å². The van der Waals surface area contributed by atoms with E-state index in [1.165, 1.54) is 18.2 Å². The molecule has 12 heavy (non-hydrogen) atoms. The van der Waals surface area contributed by atoms with Crippen LogP contribution < -0.4 is 0 Å². The molecule has 5 nitrogen and oxygen atoms in total. The van der Waals surface area contributed by atoms with E-state index in [1.54, 1.807) is 6.92 Å². The van der Waals surface area contributed by atoms with Crippen molar-refractivity contribution in [2.45, 2.75) is 6.92 Å². The summed E-state index contributed by atoms with van der Waals surface area (Å²) in [5, 5.41) is 13.5. The molecule has 0 fully saturated rings. The Labute approximate surface area is 68.7 Å². The van der Waals surface area contributed by atoms with Crippen molar-refractivity contribution in [1.82, 2.24) is 0 Å². The van der Waals surface area contributed by atoms with Gasteiger partial charge in [-0.3, -0.25) is 10.1 Å². The largest absolute Gasteiger partial charge is 0.272 e. The molecule has 1 N–H and O–H groups in total. The Kier molecular flexibility index (Phi) is 2.14. The third-order valence-corrected chi connectivity index (χ3v) is 1.51. The van der Waals surface area contributed by atoms with Crippen molar-refractivity contribution < 1.29 is 4.92 Å². The molecule has 0 aliphatic heterocycles. The zero-order valence-electron chi connectivity index (χ0n) is 6.44. The minimum Gasteiger partial charge on any atom is -0.258 e. The van der Waals surface area contributed by atoms with Crippen LogP contribution in [0, 0.1) is 22.6 Å². The fourth-order valence-corrected chi connectivity index (χ4v) is 0.914.